The highest BCUT2D eigenvalue weighted by molar-refractivity contribution is 6.74. The maximum absolute atomic E-state index is 12.2. The number of hydrogen-bond donors (Lipinski definition) is 1. The normalized spacial score (nSPS) is 11.2. The topological polar surface area (TPSA) is 46.5 Å². The first kappa shape index (κ1) is 11.4. The number of carbonyl (C=O) groups is 1. The number of ether oxygens (including phenoxy) is 1. The van der Waals surface area contributed by atoms with Crippen molar-refractivity contribution in [1.82, 2.24) is 0 Å². The lowest BCUT2D eigenvalue weighted by Gasteiger charge is -2.16. The summed E-state index contributed by atoms with van der Waals surface area (Å²) in [5.74, 6) is -1.77. The largest absolute Gasteiger partial charge is 0.513 e. The van der Waals surface area contributed by atoms with Crippen LogP contribution in [-0.4, -0.2) is 25.2 Å². The number of esters is 1. The van der Waals surface area contributed by atoms with Crippen molar-refractivity contribution in [3.8, 4) is 5.75 Å². The first-order chi connectivity index (χ1) is 6.86. The van der Waals surface area contributed by atoms with E-state index in [4.69, 9.17) is 5.11 Å². The summed E-state index contributed by atoms with van der Waals surface area (Å²) in [7, 11) is 1.10. The Labute approximate surface area is 83.5 Å². The van der Waals surface area contributed by atoms with Crippen molar-refractivity contribution in [1.29, 1.82) is 0 Å². The highest BCUT2D eigenvalue weighted by Crippen LogP contribution is 2.18. The highest BCUT2D eigenvalue weighted by Gasteiger charge is 2.29. The third-order valence-corrected chi connectivity index (χ3v) is 1.80. The Morgan fingerprint density at radius 3 is 2.40 bits per heavy atom. The minimum atomic E-state index is -5.27. The number of halogens is 3. The van der Waals surface area contributed by atoms with Crippen LogP contribution in [0.4, 0.5) is 12.9 Å². The SMILES string of the molecule is COC(=O)c1ccc([B-](F)(F)F)c(O)c1. The van der Waals surface area contributed by atoms with Crippen molar-refractivity contribution >= 4 is 18.4 Å². The molecule has 1 rings (SSSR count). The Balaban J connectivity index is 3.15. The van der Waals surface area contributed by atoms with E-state index in [0.717, 1.165) is 19.2 Å². The van der Waals surface area contributed by atoms with E-state index in [0.29, 0.717) is 6.07 Å². The van der Waals surface area contributed by atoms with E-state index in [1.54, 1.807) is 0 Å². The average molecular weight is 219 g/mol. The molecule has 0 amide bonds. The molecular weight excluding hydrogens is 212 g/mol. The van der Waals surface area contributed by atoms with Crippen LogP contribution in [0.3, 0.4) is 0 Å². The Hall–Kier alpha value is -1.66. The number of phenolic OH excluding ortho intramolecular Hbond substituents is 1. The van der Waals surface area contributed by atoms with Gasteiger partial charge in [-0.2, -0.15) is 0 Å². The number of aromatic hydroxyl groups is 1. The number of rotatable bonds is 2. The summed E-state index contributed by atoms with van der Waals surface area (Å²) in [6.07, 6.45) is 0. The predicted molar refractivity (Wildman–Crippen MR) is 48.2 cm³/mol. The Bertz CT molecular complexity index is 389. The molecule has 0 aliphatic heterocycles. The first-order valence-electron chi connectivity index (χ1n) is 3.97. The van der Waals surface area contributed by atoms with Crippen LogP contribution in [0.2, 0.25) is 0 Å². The van der Waals surface area contributed by atoms with Crippen LogP contribution in [0.25, 0.3) is 0 Å². The Morgan fingerprint density at radius 1 is 1.40 bits per heavy atom. The molecule has 7 heteroatoms. The fourth-order valence-corrected chi connectivity index (χ4v) is 1.07. The van der Waals surface area contributed by atoms with Crippen molar-refractivity contribution in [2.75, 3.05) is 7.11 Å². The van der Waals surface area contributed by atoms with Crippen molar-refractivity contribution < 1.29 is 27.6 Å². The molecule has 82 valence electrons. The zero-order chi connectivity index (χ0) is 11.6. The van der Waals surface area contributed by atoms with Gasteiger partial charge in [0.1, 0.15) is 0 Å². The molecule has 0 aliphatic carbocycles. The third kappa shape index (κ3) is 2.42. The van der Waals surface area contributed by atoms with E-state index in [9.17, 15) is 17.7 Å². The molecule has 0 radical (unpaired) electrons. The van der Waals surface area contributed by atoms with Gasteiger partial charge < -0.3 is 22.8 Å². The smallest absolute Gasteiger partial charge is 0.511 e. The standard InChI is InChI=1S/C8H7BF3O3/c1-15-8(14)5-2-3-6(7(13)4-5)9(10,11)12/h2-4,13H,1H3/q-1. The van der Waals surface area contributed by atoms with Gasteiger partial charge in [0.05, 0.1) is 18.4 Å². The summed E-state index contributed by atoms with van der Waals surface area (Å²) in [6.45, 7) is -5.27. The first-order valence-corrected chi connectivity index (χ1v) is 3.97. The zero-order valence-corrected chi connectivity index (χ0v) is 7.71. The summed E-state index contributed by atoms with van der Waals surface area (Å²) in [5, 5.41) is 9.06. The maximum Gasteiger partial charge on any atom is 0.513 e. The van der Waals surface area contributed by atoms with Gasteiger partial charge in [0.25, 0.3) is 0 Å². The van der Waals surface area contributed by atoms with Gasteiger partial charge >= 0.3 is 12.9 Å². The molecule has 0 unspecified atom stereocenters. The Morgan fingerprint density at radius 2 is 2.00 bits per heavy atom. The van der Waals surface area contributed by atoms with Crippen molar-refractivity contribution in [3.05, 3.63) is 23.8 Å². The van der Waals surface area contributed by atoms with Crippen LogP contribution in [0.5, 0.6) is 5.75 Å². The van der Waals surface area contributed by atoms with Gasteiger partial charge in [0.2, 0.25) is 0 Å². The number of phenols is 1. The molecule has 0 aliphatic rings. The lowest BCUT2D eigenvalue weighted by molar-refractivity contribution is 0.0600. The molecule has 1 aromatic rings. The van der Waals surface area contributed by atoms with Crippen LogP contribution in [0.15, 0.2) is 18.2 Å². The van der Waals surface area contributed by atoms with Gasteiger partial charge in [-0.25, -0.2) is 4.79 Å². The van der Waals surface area contributed by atoms with Crippen molar-refractivity contribution in [2.24, 2.45) is 0 Å². The van der Waals surface area contributed by atoms with E-state index in [-0.39, 0.29) is 5.56 Å². The summed E-state index contributed by atoms with van der Waals surface area (Å²) < 4.78 is 41.0. The molecule has 15 heavy (non-hydrogen) atoms. The van der Waals surface area contributed by atoms with Gasteiger partial charge in [0.15, 0.2) is 0 Å². The van der Waals surface area contributed by atoms with E-state index in [1.165, 1.54) is 0 Å². The third-order valence-electron chi connectivity index (χ3n) is 1.80. The van der Waals surface area contributed by atoms with Crippen LogP contribution in [0.1, 0.15) is 10.4 Å². The predicted octanol–water partition coefficient (Wildman–Crippen LogP) is 1.23. The van der Waals surface area contributed by atoms with Gasteiger partial charge in [-0.3, -0.25) is 0 Å². The van der Waals surface area contributed by atoms with Crippen molar-refractivity contribution in [3.63, 3.8) is 0 Å². The second-order valence-electron chi connectivity index (χ2n) is 2.84. The van der Waals surface area contributed by atoms with Gasteiger partial charge in [-0.15, -0.1) is 0 Å². The van der Waals surface area contributed by atoms with Gasteiger partial charge in [-0.1, -0.05) is 17.6 Å². The van der Waals surface area contributed by atoms with E-state index >= 15 is 0 Å². The molecule has 1 N–H and O–H groups in total. The monoisotopic (exact) mass is 219 g/mol. The van der Waals surface area contributed by atoms with Crippen LogP contribution in [0, 0.1) is 0 Å². The van der Waals surface area contributed by atoms with Crippen LogP contribution < -0.4 is 5.46 Å². The molecule has 0 bridgehead atoms. The number of hydrogen-bond acceptors (Lipinski definition) is 3. The minimum absolute atomic E-state index is 0.126. The number of benzene rings is 1. The summed E-state index contributed by atoms with van der Waals surface area (Å²) in [6, 6.07) is 2.34. The lowest BCUT2D eigenvalue weighted by atomic mass is 9.79. The zero-order valence-electron chi connectivity index (χ0n) is 7.71. The molecule has 0 spiro atoms. The fraction of sp³-hybridized carbons (Fsp3) is 0.125. The summed E-state index contributed by atoms with van der Waals surface area (Å²) in [5.41, 5.74) is -1.25. The second kappa shape index (κ2) is 3.84. The summed E-state index contributed by atoms with van der Waals surface area (Å²) >= 11 is 0. The number of methoxy groups -OCH3 is 1. The van der Waals surface area contributed by atoms with Crippen molar-refractivity contribution in [2.45, 2.75) is 0 Å². The molecular formula is C8H7BF3O3-. The van der Waals surface area contributed by atoms with Crippen LogP contribution in [-0.2, 0) is 4.74 Å². The fourth-order valence-electron chi connectivity index (χ4n) is 1.07. The molecule has 0 atom stereocenters. The Kier molecular flexibility index (Phi) is 2.92. The molecule has 0 aromatic heterocycles. The molecule has 0 saturated carbocycles. The molecule has 0 heterocycles. The molecule has 1 aromatic carbocycles. The van der Waals surface area contributed by atoms with Gasteiger partial charge in [0, 0.05) is 0 Å². The highest BCUT2D eigenvalue weighted by atomic mass is 19.4. The lowest BCUT2D eigenvalue weighted by Crippen LogP contribution is -2.34. The number of carbonyl (C=O) groups excluding carboxylic acids is 1. The second-order valence-corrected chi connectivity index (χ2v) is 2.84. The summed E-state index contributed by atoms with van der Waals surface area (Å²) in [4.78, 5) is 10.9. The quantitative estimate of drug-likeness (QED) is 0.601. The van der Waals surface area contributed by atoms with E-state index in [2.05, 4.69) is 4.74 Å². The molecule has 0 saturated heterocycles. The molecule has 0 fully saturated rings. The average Bonchev–Trinajstić information content (AvgIpc) is 2.14. The van der Waals surface area contributed by atoms with Gasteiger partial charge in [-0.05, 0) is 6.07 Å². The van der Waals surface area contributed by atoms with Crippen LogP contribution >= 0.6 is 0 Å². The van der Waals surface area contributed by atoms with E-state index < -0.39 is 24.2 Å². The van der Waals surface area contributed by atoms with E-state index in [1.807, 2.05) is 0 Å². The minimum Gasteiger partial charge on any atom is -0.511 e. The molecule has 3 nitrogen and oxygen atoms in total. The maximum atomic E-state index is 12.2.